The molecule has 0 unspecified atom stereocenters. The summed E-state index contributed by atoms with van der Waals surface area (Å²) >= 11 is 1.72. The van der Waals surface area contributed by atoms with Gasteiger partial charge in [0.1, 0.15) is 11.6 Å². The summed E-state index contributed by atoms with van der Waals surface area (Å²) in [5, 5.41) is 15.0. The quantitative estimate of drug-likeness (QED) is 0.120. The van der Waals surface area contributed by atoms with Crippen molar-refractivity contribution in [2.75, 3.05) is 95.8 Å². The summed E-state index contributed by atoms with van der Waals surface area (Å²) in [7, 11) is 0. The molecule has 0 aliphatic carbocycles. The Bertz CT molecular complexity index is 1420. The van der Waals surface area contributed by atoms with E-state index >= 15 is 0 Å². The zero-order valence-electron chi connectivity index (χ0n) is 27.7. The van der Waals surface area contributed by atoms with Crippen molar-refractivity contribution in [1.82, 2.24) is 46.1 Å². The molecule has 5 rings (SSSR count). The molecule has 1 saturated heterocycles. The highest BCUT2D eigenvalue weighted by molar-refractivity contribution is 7.21. The first-order valence-electron chi connectivity index (χ1n) is 17.1. The molecule has 254 valence electrons. The van der Waals surface area contributed by atoms with Crippen LogP contribution in [0.3, 0.4) is 0 Å². The van der Waals surface area contributed by atoms with Crippen LogP contribution in [0.15, 0.2) is 48.5 Å². The SMILES string of the molecule is CCCCN(CCCN1CCNCCNCCNCC1)c1nc(N)nc(OCCNCc2ccc(-c3nc4ccccc4s3)cc2)n1. The maximum Gasteiger partial charge on any atom is 0.323 e. The van der Waals surface area contributed by atoms with Gasteiger partial charge in [-0.3, -0.25) is 0 Å². The van der Waals surface area contributed by atoms with Crippen LogP contribution in [0.4, 0.5) is 11.9 Å². The number of benzene rings is 2. The molecule has 3 heterocycles. The standard InChI is InChI=1S/C34H51N11OS/c1-2-3-21-45(22-6-20-44-23-17-37-15-13-36-14-16-38-18-24-44)33-41-32(35)42-34(43-33)46-25-19-39-26-27-9-11-28(12-10-27)31-40-29-7-4-5-8-30(29)47-31/h4-5,7-12,36-39H,2-3,6,13-26H2,1H3,(H2,35,41,42,43). The first-order chi connectivity index (χ1) is 23.2. The minimum Gasteiger partial charge on any atom is -0.462 e. The normalized spacial score (nSPS) is 15.3. The fourth-order valence-corrected chi connectivity index (χ4v) is 6.43. The van der Waals surface area contributed by atoms with Crippen molar-refractivity contribution >= 4 is 33.5 Å². The van der Waals surface area contributed by atoms with E-state index in [0.717, 1.165) is 114 Å². The van der Waals surface area contributed by atoms with Crippen molar-refractivity contribution in [2.45, 2.75) is 32.7 Å². The van der Waals surface area contributed by atoms with Gasteiger partial charge in [-0.05, 0) is 37.1 Å². The lowest BCUT2D eigenvalue weighted by Gasteiger charge is -2.27. The van der Waals surface area contributed by atoms with E-state index in [1.165, 1.54) is 10.3 Å². The first kappa shape index (κ1) is 34.9. The van der Waals surface area contributed by atoms with Crippen LogP contribution >= 0.6 is 11.3 Å². The summed E-state index contributed by atoms with van der Waals surface area (Å²) in [5.74, 6) is 0.772. The number of fused-ring (bicyclic) bond motifs is 1. The number of thiazole rings is 1. The Labute approximate surface area is 282 Å². The van der Waals surface area contributed by atoms with Crippen molar-refractivity contribution in [3.05, 3.63) is 54.1 Å². The number of aromatic nitrogens is 4. The number of ether oxygens (including phenoxy) is 1. The third-order valence-electron chi connectivity index (χ3n) is 8.09. The third-order valence-corrected chi connectivity index (χ3v) is 9.17. The van der Waals surface area contributed by atoms with E-state index < -0.39 is 0 Å². The molecule has 4 aromatic rings. The van der Waals surface area contributed by atoms with Crippen LogP contribution in [0.5, 0.6) is 6.01 Å². The Balaban J connectivity index is 1.07. The van der Waals surface area contributed by atoms with Gasteiger partial charge in [0.2, 0.25) is 11.9 Å². The van der Waals surface area contributed by atoms with Gasteiger partial charge in [-0.2, -0.15) is 15.0 Å². The zero-order valence-corrected chi connectivity index (χ0v) is 28.5. The number of nitrogens with two attached hydrogens (primary N) is 1. The van der Waals surface area contributed by atoms with Crippen LogP contribution in [-0.4, -0.2) is 110 Å². The van der Waals surface area contributed by atoms with E-state index in [9.17, 15) is 0 Å². The molecule has 0 spiro atoms. The molecule has 0 saturated carbocycles. The van der Waals surface area contributed by atoms with Gasteiger partial charge in [-0.15, -0.1) is 11.3 Å². The molecular formula is C34H51N11OS. The highest BCUT2D eigenvalue weighted by Gasteiger charge is 2.15. The monoisotopic (exact) mass is 661 g/mol. The number of nitrogens with one attached hydrogen (secondary N) is 4. The van der Waals surface area contributed by atoms with Gasteiger partial charge in [0.25, 0.3) is 0 Å². The lowest BCUT2D eigenvalue weighted by atomic mass is 10.1. The second-order valence-corrected chi connectivity index (χ2v) is 12.8. The molecule has 0 amide bonds. The smallest absolute Gasteiger partial charge is 0.323 e. The number of nitrogens with zero attached hydrogens (tertiary/aromatic N) is 6. The Morgan fingerprint density at radius 3 is 2.34 bits per heavy atom. The molecule has 1 fully saturated rings. The maximum absolute atomic E-state index is 6.12. The topological polar surface area (TPSA) is 141 Å². The van der Waals surface area contributed by atoms with Gasteiger partial charge in [-0.25, -0.2) is 4.98 Å². The lowest BCUT2D eigenvalue weighted by molar-refractivity contribution is 0.268. The van der Waals surface area contributed by atoms with Gasteiger partial charge in [0.05, 0.1) is 10.2 Å². The highest BCUT2D eigenvalue weighted by atomic mass is 32.1. The Hall–Kier alpha value is -3.46. The fraction of sp³-hybridized carbons (Fsp3) is 0.529. The molecule has 6 N–H and O–H groups in total. The number of para-hydroxylation sites is 1. The number of rotatable bonds is 15. The summed E-state index contributed by atoms with van der Waals surface area (Å²) in [5.41, 5.74) is 9.50. The van der Waals surface area contributed by atoms with Crippen molar-refractivity contribution in [1.29, 1.82) is 0 Å². The summed E-state index contributed by atoms with van der Waals surface area (Å²) < 4.78 is 7.13. The third kappa shape index (κ3) is 11.6. The summed E-state index contributed by atoms with van der Waals surface area (Å²) in [6.07, 6.45) is 3.16. The average Bonchev–Trinajstić information content (AvgIpc) is 3.52. The molecule has 0 bridgehead atoms. The number of nitrogen functional groups attached to an aromatic ring is 1. The van der Waals surface area contributed by atoms with Gasteiger partial charge in [-0.1, -0.05) is 49.7 Å². The van der Waals surface area contributed by atoms with Crippen molar-refractivity contribution in [2.24, 2.45) is 0 Å². The molecule has 13 heteroatoms. The van der Waals surface area contributed by atoms with Crippen LogP contribution in [0.2, 0.25) is 0 Å². The van der Waals surface area contributed by atoms with E-state index in [2.05, 4.69) is 95.4 Å². The minimum absolute atomic E-state index is 0.183. The Kier molecular flexibility index (Phi) is 14.4. The molecule has 2 aromatic heterocycles. The molecular weight excluding hydrogens is 611 g/mol. The molecule has 0 atom stereocenters. The van der Waals surface area contributed by atoms with Crippen molar-refractivity contribution < 1.29 is 4.74 Å². The number of hydrogen-bond donors (Lipinski definition) is 5. The van der Waals surface area contributed by atoms with Crippen LogP contribution in [0.1, 0.15) is 31.7 Å². The van der Waals surface area contributed by atoms with Crippen molar-refractivity contribution in [3.63, 3.8) is 0 Å². The molecule has 1 aliphatic heterocycles. The molecule has 1 aliphatic rings. The second kappa shape index (κ2) is 19.4. The largest absolute Gasteiger partial charge is 0.462 e. The first-order valence-corrected chi connectivity index (χ1v) is 17.9. The maximum atomic E-state index is 6.12. The summed E-state index contributed by atoms with van der Waals surface area (Å²) in [4.78, 5) is 22.9. The van der Waals surface area contributed by atoms with Crippen LogP contribution < -0.4 is 36.6 Å². The highest BCUT2D eigenvalue weighted by Crippen LogP contribution is 2.30. The fourth-order valence-electron chi connectivity index (χ4n) is 5.46. The second-order valence-electron chi connectivity index (χ2n) is 11.8. The van der Waals surface area contributed by atoms with Gasteiger partial charge in [0, 0.05) is 84.1 Å². The molecule has 0 radical (unpaired) electrons. The molecule has 47 heavy (non-hydrogen) atoms. The lowest BCUT2D eigenvalue weighted by Crippen LogP contribution is -2.42. The van der Waals surface area contributed by atoms with E-state index in [1.54, 1.807) is 11.3 Å². The Morgan fingerprint density at radius 1 is 0.872 bits per heavy atom. The van der Waals surface area contributed by atoms with Crippen molar-refractivity contribution in [3.8, 4) is 16.6 Å². The van der Waals surface area contributed by atoms with E-state index in [0.29, 0.717) is 19.1 Å². The molecule has 2 aromatic carbocycles. The van der Waals surface area contributed by atoms with Gasteiger partial charge >= 0.3 is 6.01 Å². The van der Waals surface area contributed by atoms with E-state index in [4.69, 9.17) is 15.5 Å². The van der Waals surface area contributed by atoms with E-state index in [-0.39, 0.29) is 12.0 Å². The Morgan fingerprint density at radius 2 is 1.60 bits per heavy atom. The minimum atomic E-state index is 0.183. The number of unbranched alkanes of at least 4 members (excludes halogenated alkanes) is 1. The van der Waals surface area contributed by atoms with Gasteiger partial charge < -0.3 is 41.5 Å². The van der Waals surface area contributed by atoms with Crippen LogP contribution in [-0.2, 0) is 6.54 Å². The summed E-state index contributed by atoms with van der Waals surface area (Å²) in [6.45, 7) is 14.8. The predicted molar refractivity (Wildman–Crippen MR) is 193 cm³/mol. The number of anilines is 2. The van der Waals surface area contributed by atoms with Gasteiger partial charge in [0.15, 0.2) is 0 Å². The average molecular weight is 662 g/mol. The summed E-state index contributed by atoms with van der Waals surface area (Å²) in [6, 6.07) is 17.1. The van der Waals surface area contributed by atoms with Crippen LogP contribution in [0, 0.1) is 0 Å². The zero-order chi connectivity index (χ0) is 32.5. The number of hydrogen-bond acceptors (Lipinski definition) is 13. The predicted octanol–water partition coefficient (Wildman–Crippen LogP) is 2.98. The van der Waals surface area contributed by atoms with Crippen LogP contribution in [0.25, 0.3) is 20.8 Å². The molecule has 12 nitrogen and oxygen atoms in total. The van der Waals surface area contributed by atoms with E-state index in [1.807, 2.05) is 6.07 Å².